The number of amidine groups is 1. The molecule has 1 saturated carbocycles. The topological polar surface area (TPSA) is 141 Å². The number of nitrogens with zero attached hydrogens (tertiary/aromatic N) is 3. The number of amides is 2. The lowest BCUT2D eigenvalue weighted by molar-refractivity contribution is -0.166. The van der Waals surface area contributed by atoms with Gasteiger partial charge in [0.05, 0.1) is 6.10 Å². The van der Waals surface area contributed by atoms with Gasteiger partial charge in [-0.25, -0.2) is 0 Å². The van der Waals surface area contributed by atoms with Gasteiger partial charge in [0, 0.05) is 31.7 Å². The number of hydrogen-bond acceptors (Lipinski definition) is 7. The van der Waals surface area contributed by atoms with Crippen LogP contribution in [0.5, 0.6) is 11.5 Å². The molecule has 3 aliphatic rings. The van der Waals surface area contributed by atoms with Gasteiger partial charge in [-0.05, 0) is 80.0 Å². The minimum absolute atomic E-state index is 0.0431. The van der Waals surface area contributed by atoms with Gasteiger partial charge in [0.25, 0.3) is 0 Å². The number of nitrogens with one attached hydrogen (secondary N) is 1. The van der Waals surface area contributed by atoms with Gasteiger partial charge in [0.2, 0.25) is 11.8 Å². The van der Waals surface area contributed by atoms with Crippen LogP contribution in [0.25, 0.3) is 0 Å². The Morgan fingerprint density at radius 3 is 2.28 bits per heavy atom. The number of piperidine rings is 1. The Labute approximate surface area is 253 Å². The molecule has 2 aromatic carbocycles. The van der Waals surface area contributed by atoms with E-state index in [1.54, 1.807) is 24.3 Å². The van der Waals surface area contributed by atoms with Gasteiger partial charge in [0.1, 0.15) is 23.1 Å². The SMILES string of the molecule is CCCCN1C(=O)[C@@H]([C@H](O)C2CCCCC2)NC(=O)C12CCN(Cc1ccc(Oc3ccc(C(N)=NO)cc3)cc1)CC2. The lowest BCUT2D eigenvalue weighted by Crippen LogP contribution is -2.75. The number of rotatable bonds is 10. The van der Waals surface area contributed by atoms with Crippen LogP contribution < -0.4 is 15.8 Å². The highest BCUT2D eigenvalue weighted by atomic mass is 16.5. The summed E-state index contributed by atoms with van der Waals surface area (Å²) in [6, 6.07) is 14.1. The maximum Gasteiger partial charge on any atom is 0.248 e. The van der Waals surface area contributed by atoms with Crippen molar-refractivity contribution in [2.45, 2.75) is 88.9 Å². The Morgan fingerprint density at radius 1 is 1.05 bits per heavy atom. The number of oxime groups is 1. The standard InChI is InChI=1S/C33H45N5O5/c1-2-3-19-38-31(40)28(29(39)24-7-5-4-6-8-24)35-32(41)33(38)17-20-37(21-18-33)22-23-9-13-26(14-10-23)43-27-15-11-25(12-16-27)30(34)36-42/h9-16,24,28-29,39,42H,2-8,17-22H2,1H3,(H2,34,36)(H,35,41)/t28-,29-/m1/s1. The quantitative estimate of drug-likeness (QED) is 0.142. The summed E-state index contributed by atoms with van der Waals surface area (Å²) in [5.74, 6) is 1.23. The van der Waals surface area contributed by atoms with Crippen molar-refractivity contribution < 1.29 is 24.6 Å². The summed E-state index contributed by atoms with van der Waals surface area (Å²) in [6.07, 6.45) is 7.20. The van der Waals surface area contributed by atoms with E-state index in [0.29, 0.717) is 49.5 Å². The first-order chi connectivity index (χ1) is 20.8. The summed E-state index contributed by atoms with van der Waals surface area (Å²) in [7, 11) is 0. The van der Waals surface area contributed by atoms with Crippen molar-refractivity contribution in [3.63, 3.8) is 0 Å². The van der Waals surface area contributed by atoms with Crippen LogP contribution in [-0.2, 0) is 16.1 Å². The number of unbranched alkanes of at least 4 members (excludes halogenated alkanes) is 1. The lowest BCUT2D eigenvalue weighted by Gasteiger charge is -2.52. The fraction of sp³-hybridized carbons (Fsp3) is 0.545. The van der Waals surface area contributed by atoms with Crippen molar-refractivity contribution in [2.24, 2.45) is 16.8 Å². The van der Waals surface area contributed by atoms with Crippen LogP contribution in [0.4, 0.5) is 0 Å². The third-order valence-electron chi connectivity index (χ3n) is 9.47. The Hall–Kier alpha value is -3.63. The third kappa shape index (κ3) is 6.80. The van der Waals surface area contributed by atoms with Gasteiger partial charge in [-0.3, -0.25) is 14.5 Å². The smallest absolute Gasteiger partial charge is 0.248 e. The molecule has 232 valence electrons. The monoisotopic (exact) mass is 591 g/mol. The van der Waals surface area contributed by atoms with Crippen LogP contribution in [0.2, 0.25) is 0 Å². The highest BCUT2D eigenvalue weighted by molar-refractivity contribution is 6.00. The Bertz CT molecular complexity index is 1270. The molecule has 2 heterocycles. The highest BCUT2D eigenvalue weighted by Gasteiger charge is 2.55. The average Bonchev–Trinajstić information content (AvgIpc) is 3.04. The molecule has 0 aromatic heterocycles. The van der Waals surface area contributed by atoms with Gasteiger partial charge < -0.3 is 31.0 Å². The number of ether oxygens (including phenoxy) is 1. The molecule has 1 spiro atoms. The largest absolute Gasteiger partial charge is 0.457 e. The van der Waals surface area contributed by atoms with Crippen molar-refractivity contribution in [2.75, 3.05) is 19.6 Å². The molecule has 0 radical (unpaired) electrons. The maximum atomic E-state index is 13.8. The Morgan fingerprint density at radius 2 is 1.67 bits per heavy atom. The van der Waals surface area contributed by atoms with E-state index in [9.17, 15) is 14.7 Å². The zero-order valence-electron chi connectivity index (χ0n) is 25.1. The third-order valence-corrected chi connectivity index (χ3v) is 9.47. The number of aliphatic hydroxyl groups is 1. The number of carbonyl (C=O) groups is 2. The summed E-state index contributed by atoms with van der Waals surface area (Å²) in [4.78, 5) is 31.7. The Kier molecular flexibility index (Phi) is 9.87. The molecule has 2 saturated heterocycles. The molecular weight excluding hydrogens is 546 g/mol. The highest BCUT2D eigenvalue weighted by Crippen LogP contribution is 2.36. The zero-order valence-corrected chi connectivity index (χ0v) is 25.1. The number of piperazine rings is 1. The van der Waals surface area contributed by atoms with E-state index in [1.165, 1.54) is 6.42 Å². The number of carbonyl (C=O) groups excluding carboxylic acids is 2. The van der Waals surface area contributed by atoms with Gasteiger partial charge in [-0.15, -0.1) is 0 Å². The molecule has 5 rings (SSSR count). The lowest BCUT2D eigenvalue weighted by atomic mass is 9.78. The molecule has 2 aromatic rings. The first kappa shape index (κ1) is 30.8. The van der Waals surface area contributed by atoms with Crippen molar-refractivity contribution >= 4 is 17.6 Å². The first-order valence-corrected chi connectivity index (χ1v) is 15.7. The number of nitrogens with two attached hydrogens (primary N) is 1. The predicted octanol–water partition coefficient (Wildman–Crippen LogP) is 3.98. The molecule has 43 heavy (non-hydrogen) atoms. The van der Waals surface area contributed by atoms with E-state index in [0.717, 1.165) is 50.6 Å². The maximum absolute atomic E-state index is 13.8. The molecule has 5 N–H and O–H groups in total. The predicted molar refractivity (Wildman–Crippen MR) is 164 cm³/mol. The second-order valence-electron chi connectivity index (χ2n) is 12.2. The molecule has 0 unspecified atom stereocenters. The van der Waals surface area contributed by atoms with E-state index >= 15 is 0 Å². The summed E-state index contributed by atoms with van der Waals surface area (Å²) in [5.41, 5.74) is 6.50. The van der Waals surface area contributed by atoms with Gasteiger partial charge in [-0.2, -0.15) is 0 Å². The molecule has 2 amide bonds. The van der Waals surface area contributed by atoms with Crippen LogP contribution in [0.1, 0.15) is 75.8 Å². The fourth-order valence-corrected chi connectivity index (χ4v) is 6.85. The number of benzene rings is 2. The van der Waals surface area contributed by atoms with Crippen molar-refractivity contribution in [3.8, 4) is 11.5 Å². The van der Waals surface area contributed by atoms with Gasteiger partial charge >= 0.3 is 0 Å². The van der Waals surface area contributed by atoms with Crippen LogP contribution in [0.3, 0.4) is 0 Å². The van der Waals surface area contributed by atoms with Crippen LogP contribution in [-0.4, -0.2) is 75.1 Å². The van der Waals surface area contributed by atoms with E-state index < -0.39 is 17.7 Å². The average molecular weight is 592 g/mol. The van der Waals surface area contributed by atoms with E-state index in [1.807, 2.05) is 29.2 Å². The summed E-state index contributed by atoms with van der Waals surface area (Å²) >= 11 is 0. The summed E-state index contributed by atoms with van der Waals surface area (Å²) in [5, 5.41) is 26.0. The minimum atomic E-state index is -0.855. The van der Waals surface area contributed by atoms with Crippen molar-refractivity contribution in [1.29, 1.82) is 0 Å². The zero-order chi connectivity index (χ0) is 30.4. The first-order valence-electron chi connectivity index (χ1n) is 15.7. The van der Waals surface area contributed by atoms with Crippen molar-refractivity contribution in [1.82, 2.24) is 15.1 Å². The van der Waals surface area contributed by atoms with Gasteiger partial charge in [0.15, 0.2) is 5.84 Å². The van der Waals surface area contributed by atoms with E-state index in [4.69, 9.17) is 15.7 Å². The summed E-state index contributed by atoms with van der Waals surface area (Å²) in [6.45, 7) is 4.77. The van der Waals surface area contributed by atoms with E-state index in [2.05, 4.69) is 22.3 Å². The van der Waals surface area contributed by atoms with Crippen LogP contribution in [0.15, 0.2) is 53.7 Å². The Balaban J connectivity index is 1.19. The number of aliphatic hydroxyl groups excluding tert-OH is 1. The molecule has 3 fully saturated rings. The minimum Gasteiger partial charge on any atom is -0.457 e. The number of hydrogen-bond donors (Lipinski definition) is 4. The normalized spacial score (nSPS) is 22.4. The molecule has 10 nitrogen and oxygen atoms in total. The molecule has 2 aliphatic heterocycles. The molecular formula is C33H45N5O5. The summed E-state index contributed by atoms with van der Waals surface area (Å²) < 4.78 is 5.94. The van der Waals surface area contributed by atoms with Crippen LogP contribution in [0, 0.1) is 5.92 Å². The van der Waals surface area contributed by atoms with Crippen molar-refractivity contribution in [3.05, 3.63) is 59.7 Å². The van der Waals surface area contributed by atoms with Crippen LogP contribution >= 0.6 is 0 Å². The second-order valence-corrected chi connectivity index (χ2v) is 12.2. The van der Waals surface area contributed by atoms with E-state index in [-0.39, 0.29) is 23.6 Å². The molecule has 1 aliphatic carbocycles. The second kappa shape index (κ2) is 13.8. The molecule has 0 bridgehead atoms. The fourth-order valence-electron chi connectivity index (χ4n) is 6.85. The molecule has 2 atom stereocenters. The number of likely N-dealkylation sites (tertiary alicyclic amines) is 1. The van der Waals surface area contributed by atoms with Gasteiger partial charge in [-0.1, -0.05) is 49.9 Å². The molecule has 10 heteroatoms.